The van der Waals surface area contributed by atoms with Gasteiger partial charge in [-0.25, -0.2) is 0 Å². The molecule has 0 rings (SSSR count). The number of aliphatic hydroxyl groups excluding tert-OH is 1. The minimum Gasteiger partial charge on any atom is -0.393 e. The van der Waals surface area contributed by atoms with Crippen molar-refractivity contribution in [3.8, 4) is 0 Å². The molecule has 0 saturated heterocycles. The van der Waals surface area contributed by atoms with Gasteiger partial charge < -0.3 is 5.11 Å². The van der Waals surface area contributed by atoms with E-state index in [0.29, 0.717) is 0 Å². The van der Waals surface area contributed by atoms with E-state index in [9.17, 15) is 0 Å². The van der Waals surface area contributed by atoms with E-state index in [4.69, 9.17) is 5.11 Å². The van der Waals surface area contributed by atoms with Crippen LogP contribution in [0.5, 0.6) is 0 Å². The van der Waals surface area contributed by atoms with Crippen LogP contribution < -0.4 is 0 Å². The minimum absolute atomic E-state index is 0.178. The Bertz CT molecular complexity index is 28.7. The quantitative estimate of drug-likeness (QED) is 0.496. The Morgan fingerprint density at radius 3 is 2.33 bits per heavy atom. The van der Waals surface area contributed by atoms with Crippen LogP contribution in [0, 0.1) is 0 Å². The summed E-state index contributed by atoms with van der Waals surface area (Å²) in [5.74, 6) is 0.775. The summed E-state index contributed by atoms with van der Waals surface area (Å²) in [6.45, 7) is 1.76. The zero-order chi connectivity index (χ0) is 4.99. The van der Waals surface area contributed by atoms with Crippen molar-refractivity contribution in [2.24, 2.45) is 0 Å². The van der Waals surface area contributed by atoms with Crippen molar-refractivity contribution >= 4 is 12.6 Å². The van der Waals surface area contributed by atoms with E-state index in [2.05, 4.69) is 12.6 Å². The molecule has 0 fully saturated rings. The Morgan fingerprint density at radius 2 is 2.33 bits per heavy atom. The predicted octanol–water partition coefficient (Wildman–Crippen LogP) is 0.687. The molecule has 0 aliphatic heterocycles. The molecule has 1 atom stereocenters. The van der Waals surface area contributed by atoms with E-state index in [1.54, 1.807) is 6.92 Å². The molecule has 0 aromatic carbocycles. The van der Waals surface area contributed by atoms with Crippen molar-refractivity contribution in [1.29, 1.82) is 0 Å². The maximum absolute atomic E-state index is 8.50. The summed E-state index contributed by atoms with van der Waals surface area (Å²) in [7, 11) is 0. The first-order chi connectivity index (χ1) is 2.77. The lowest BCUT2D eigenvalue weighted by Gasteiger charge is -1.95. The van der Waals surface area contributed by atoms with Crippen LogP contribution in [0.4, 0.5) is 0 Å². The number of hydrogen-bond acceptors (Lipinski definition) is 2. The zero-order valence-electron chi connectivity index (χ0n) is 3.89. The smallest absolute Gasteiger partial charge is 0.0519 e. The molecule has 0 radical (unpaired) electrons. The van der Waals surface area contributed by atoms with Gasteiger partial charge in [-0.15, -0.1) is 0 Å². The molecule has 1 nitrogen and oxygen atoms in total. The van der Waals surface area contributed by atoms with Gasteiger partial charge in [0, 0.05) is 0 Å². The summed E-state index contributed by atoms with van der Waals surface area (Å²) in [5, 5.41) is 8.50. The van der Waals surface area contributed by atoms with Gasteiger partial charge in [-0.1, -0.05) is 0 Å². The SMILES string of the molecule is CC(O)CCS. The van der Waals surface area contributed by atoms with Gasteiger partial charge in [0.15, 0.2) is 0 Å². The van der Waals surface area contributed by atoms with Gasteiger partial charge in [-0.2, -0.15) is 12.6 Å². The molecule has 1 N–H and O–H groups in total. The second kappa shape index (κ2) is 3.50. The van der Waals surface area contributed by atoms with Crippen LogP contribution in [0.15, 0.2) is 0 Å². The molecular formula is C4H10OS. The van der Waals surface area contributed by atoms with Crippen molar-refractivity contribution in [2.75, 3.05) is 5.75 Å². The summed E-state index contributed by atoms with van der Waals surface area (Å²) >= 11 is 3.90. The van der Waals surface area contributed by atoms with E-state index in [0.717, 1.165) is 12.2 Å². The molecule has 0 heterocycles. The monoisotopic (exact) mass is 106 g/mol. The largest absolute Gasteiger partial charge is 0.393 e. The molecule has 1 unspecified atom stereocenters. The highest BCUT2D eigenvalue weighted by atomic mass is 32.1. The molecule has 2 heteroatoms. The fourth-order valence-corrected chi connectivity index (χ4v) is 0.561. The summed E-state index contributed by atoms with van der Waals surface area (Å²) in [5.41, 5.74) is 0. The second-order valence-electron chi connectivity index (χ2n) is 1.36. The van der Waals surface area contributed by atoms with Gasteiger partial charge in [0.2, 0.25) is 0 Å². The molecule has 0 aliphatic carbocycles. The van der Waals surface area contributed by atoms with Crippen molar-refractivity contribution < 1.29 is 5.11 Å². The van der Waals surface area contributed by atoms with Crippen molar-refractivity contribution in [3.05, 3.63) is 0 Å². The van der Waals surface area contributed by atoms with E-state index < -0.39 is 0 Å². The minimum atomic E-state index is -0.178. The highest BCUT2D eigenvalue weighted by Gasteiger charge is 1.87. The standard InChI is InChI=1S/C4H10OS/c1-4(5)2-3-6/h4-6H,2-3H2,1H3. The Morgan fingerprint density at radius 1 is 1.83 bits per heavy atom. The Hall–Kier alpha value is 0.310. The first-order valence-electron chi connectivity index (χ1n) is 2.06. The first kappa shape index (κ1) is 6.31. The summed E-state index contributed by atoms with van der Waals surface area (Å²) in [6, 6.07) is 0. The van der Waals surface area contributed by atoms with Crippen LogP contribution in [0.1, 0.15) is 13.3 Å². The van der Waals surface area contributed by atoms with Crippen LogP contribution in [0.25, 0.3) is 0 Å². The molecular weight excluding hydrogens is 96.1 g/mol. The molecule has 6 heavy (non-hydrogen) atoms. The number of hydrogen-bond donors (Lipinski definition) is 2. The van der Waals surface area contributed by atoms with Crippen LogP contribution in [-0.2, 0) is 0 Å². The third kappa shape index (κ3) is 4.31. The van der Waals surface area contributed by atoms with Crippen molar-refractivity contribution in [3.63, 3.8) is 0 Å². The molecule has 0 aliphatic rings. The Kier molecular flexibility index (Phi) is 3.68. The Balaban J connectivity index is 2.63. The number of rotatable bonds is 2. The summed E-state index contributed by atoms with van der Waals surface area (Å²) in [4.78, 5) is 0. The average molecular weight is 106 g/mol. The van der Waals surface area contributed by atoms with Crippen LogP contribution in [0.3, 0.4) is 0 Å². The lowest BCUT2D eigenvalue weighted by atomic mass is 10.3. The molecule has 0 aromatic rings. The topological polar surface area (TPSA) is 20.2 Å². The van der Waals surface area contributed by atoms with Gasteiger partial charge in [-0.05, 0) is 19.1 Å². The maximum atomic E-state index is 8.50. The van der Waals surface area contributed by atoms with E-state index in [1.807, 2.05) is 0 Å². The van der Waals surface area contributed by atoms with Crippen LogP contribution in [-0.4, -0.2) is 17.0 Å². The summed E-state index contributed by atoms with van der Waals surface area (Å²) < 4.78 is 0. The summed E-state index contributed by atoms with van der Waals surface area (Å²) in [6.07, 6.45) is 0.617. The van der Waals surface area contributed by atoms with E-state index >= 15 is 0 Å². The lowest BCUT2D eigenvalue weighted by Crippen LogP contribution is -1.98. The molecule has 0 saturated carbocycles. The zero-order valence-corrected chi connectivity index (χ0v) is 4.78. The predicted molar refractivity (Wildman–Crippen MR) is 30.2 cm³/mol. The third-order valence-corrected chi connectivity index (χ3v) is 0.805. The highest BCUT2D eigenvalue weighted by molar-refractivity contribution is 7.80. The van der Waals surface area contributed by atoms with Gasteiger partial charge in [0.1, 0.15) is 0 Å². The molecule has 0 bridgehead atoms. The third-order valence-electron chi connectivity index (χ3n) is 0.547. The van der Waals surface area contributed by atoms with Gasteiger partial charge in [-0.3, -0.25) is 0 Å². The first-order valence-corrected chi connectivity index (χ1v) is 2.69. The second-order valence-corrected chi connectivity index (χ2v) is 1.81. The number of thiol groups is 1. The fourth-order valence-electron chi connectivity index (χ4n) is 0.187. The molecule has 38 valence electrons. The maximum Gasteiger partial charge on any atom is 0.0519 e. The molecule has 0 amide bonds. The van der Waals surface area contributed by atoms with Crippen LogP contribution in [0.2, 0.25) is 0 Å². The van der Waals surface area contributed by atoms with Crippen molar-refractivity contribution in [2.45, 2.75) is 19.4 Å². The average Bonchev–Trinajstić information content (AvgIpc) is 1.35. The highest BCUT2D eigenvalue weighted by Crippen LogP contribution is 1.88. The molecule has 0 spiro atoms. The Labute approximate surface area is 43.8 Å². The van der Waals surface area contributed by atoms with E-state index in [1.165, 1.54) is 0 Å². The molecule has 0 aromatic heterocycles. The van der Waals surface area contributed by atoms with Gasteiger partial charge >= 0.3 is 0 Å². The lowest BCUT2D eigenvalue weighted by molar-refractivity contribution is 0.192. The van der Waals surface area contributed by atoms with Crippen LogP contribution >= 0.6 is 12.6 Å². The number of aliphatic hydroxyl groups is 1. The normalized spacial score (nSPS) is 14.5. The van der Waals surface area contributed by atoms with Gasteiger partial charge in [0.05, 0.1) is 6.10 Å². The van der Waals surface area contributed by atoms with E-state index in [-0.39, 0.29) is 6.10 Å². The van der Waals surface area contributed by atoms with Gasteiger partial charge in [0.25, 0.3) is 0 Å². The van der Waals surface area contributed by atoms with Crippen molar-refractivity contribution in [1.82, 2.24) is 0 Å². The fraction of sp³-hybridized carbons (Fsp3) is 1.00.